The first-order valence-electron chi connectivity index (χ1n) is 7.69. The third kappa shape index (κ3) is 5.93. The van der Waals surface area contributed by atoms with Crippen molar-refractivity contribution in [2.24, 2.45) is 0 Å². The highest BCUT2D eigenvalue weighted by Crippen LogP contribution is 2.38. The van der Waals surface area contributed by atoms with E-state index in [0.717, 1.165) is 31.8 Å². The first kappa shape index (κ1) is 18.9. The van der Waals surface area contributed by atoms with Gasteiger partial charge in [0.2, 0.25) is 5.75 Å². The summed E-state index contributed by atoms with van der Waals surface area (Å²) in [7, 11) is 7.06. The number of alkyl halides is 1. The van der Waals surface area contributed by atoms with Gasteiger partial charge in [-0.3, -0.25) is 0 Å². The van der Waals surface area contributed by atoms with Crippen molar-refractivity contribution in [3.8, 4) is 17.2 Å². The summed E-state index contributed by atoms with van der Waals surface area (Å²) in [6.07, 6.45) is 4.43. The lowest BCUT2D eigenvalue weighted by Gasteiger charge is -2.18. The van der Waals surface area contributed by atoms with Gasteiger partial charge < -0.3 is 19.1 Å². The van der Waals surface area contributed by atoms with Gasteiger partial charge in [-0.25, -0.2) is 0 Å². The Hall–Kier alpha value is -1.13. The standard InChI is InChI=1S/C17H28ClNO3/c1-19(10-7-5-6-9-18)11-8-14-12-15(20-2)17(22-4)16(13-14)21-3/h12-13H,5-11H2,1-4H3. The second-order valence-electron chi connectivity index (χ2n) is 5.34. The molecule has 0 unspecified atom stereocenters. The number of benzene rings is 1. The van der Waals surface area contributed by atoms with Crippen LogP contribution in [0.5, 0.6) is 17.2 Å². The summed E-state index contributed by atoms with van der Waals surface area (Å²) in [5.41, 5.74) is 1.18. The summed E-state index contributed by atoms with van der Waals surface area (Å²) in [5.74, 6) is 2.82. The molecule has 0 aliphatic carbocycles. The van der Waals surface area contributed by atoms with E-state index in [2.05, 4.69) is 11.9 Å². The first-order valence-corrected chi connectivity index (χ1v) is 8.23. The van der Waals surface area contributed by atoms with Crippen molar-refractivity contribution >= 4 is 11.6 Å². The number of ether oxygens (including phenoxy) is 3. The van der Waals surface area contributed by atoms with E-state index in [0.29, 0.717) is 17.2 Å². The highest BCUT2D eigenvalue weighted by atomic mass is 35.5. The normalized spacial score (nSPS) is 10.8. The summed E-state index contributed by atoms with van der Waals surface area (Å²) in [6.45, 7) is 2.10. The van der Waals surface area contributed by atoms with E-state index in [4.69, 9.17) is 25.8 Å². The topological polar surface area (TPSA) is 30.9 Å². The quantitative estimate of drug-likeness (QED) is 0.458. The summed E-state index contributed by atoms with van der Waals surface area (Å²) < 4.78 is 16.1. The largest absolute Gasteiger partial charge is 0.493 e. The molecule has 22 heavy (non-hydrogen) atoms. The maximum Gasteiger partial charge on any atom is 0.203 e. The third-order valence-electron chi connectivity index (χ3n) is 3.68. The van der Waals surface area contributed by atoms with Gasteiger partial charge in [0.05, 0.1) is 21.3 Å². The molecule has 0 N–H and O–H groups in total. The molecular formula is C17H28ClNO3. The van der Waals surface area contributed by atoms with Crippen LogP contribution in [0.25, 0.3) is 0 Å². The van der Waals surface area contributed by atoms with Crippen LogP contribution in [0.15, 0.2) is 12.1 Å². The van der Waals surface area contributed by atoms with Gasteiger partial charge in [-0.2, -0.15) is 0 Å². The van der Waals surface area contributed by atoms with E-state index in [-0.39, 0.29) is 0 Å². The Kier molecular flexibility index (Phi) is 9.09. The molecule has 0 aromatic heterocycles. The Morgan fingerprint density at radius 3 is 2.05 bits per heavy atom. The predicted octanol–water partition coefficient (Wildman–Crippen LogP) is 3.60. The molecule has 0 fully saturated rings. The average Bonchev–Trinajstić information content (AvgIpc) is 2.55. The lowest BCUT2D eigenvalue weighted by atomic mass is 10.1. The molecule has 1 rings (SSSR count). The van der Waals surface area contributed by atoms with Gasteiger partial charge in [0.25, 0.3) is 0 Å². The minimum absolute atomic E-state index is 0.642. The van der Waals surface area contributed by atoms with Crippen molar-refractivity contribution in [1.29, 1.82) is 0 Å². The molecule has 0 bridgehead atoms. The molecule has 0 atom stereocenters. The summed E-state index contributed by atoms with van der Waals surface area (Å²) in [4.78, 5) is 2.34. The first-order chi connectivity index (χ1) is 10.7. The van der Waals surface area contributed by atoms with Gasteiger partial charge in [0, 0.05) is 12.4 Å². The van der Waals surface area contributed by atoms with Crippen LogP contribution in [-0.2, 0) is 6.42 Å². The average molecular weight is 330 g/mol. The molecule has 4 nitrogen and oxygen atoms in total. The Morgan fingerprint density at radius 1 is 0.909 bits per heavy atom. The molecule has 0 aliphatic rings. The molecule has 0 amide bonds. The monoisotopic (exact) mass is 329 g/mol. The van der Waals surface area contributed by atoms with Gasteiger partial charge in [-0.05, 0) is 50.6 Å². The van der Waals surface area contributed by atoms with Gasteiger partial charge >= 0.3 is 0 Å². The molecule has 0 spiro atoms. The van der Waals surface area contributed by atoms with Gasteiger partial charge in [0.15, 0.2) is 11.5 Å². The number of hydrogen-bond acceptors (Lipinski definition) is 4. The molecule has 0 heterocycles. The van der Waals surface area contributed by atoms with Gasteiger partial charge in [-0.1, -0.05) is 6.42 Å². The molecule has 0 saturated carbocycles. The van der Waals surface area contributed by atoms with E-state index in [1.165, 1.54) is 18.4 Å². The smallest absolute Gasteiger partial charge is 0.203 e. The molecule has 1 aromatic rings. The van der Waals surface area contributed by atoms with E-state index in [1.807, 2.05) is 12.1 Å². The zero-order valence-corrected chi connectivity index (χ0v) is 14.9. The van der Waals surface area contributed by atoms with Crippen LogP contribution in [0.2, 0.25) is 0 Å². The maximum absolute atomic E-state index is 5.69. The Balaban J connectivity index is 2.58. The zero-order valence-electron chi connectivity index (χ0n) is 14.2. The molecular weight excluding hydrogens is 302 g/mol. The number of hydrogen-bond donors (Lipinski definition) is 0. The maximum atomic E-state index is 5.69. The van der Waals surface area contributed by atoms with Crippen molar-refractivity contribution in [2.75, 3.05) is 47.3 Å². The minimum atomic E-state index is 0.642. The fourth-order valence-electron chi connectivity index (χ4n) is 2.36. The van der Waals surface area contributed by atoms with Crippen molar-refractivity contribution in [3.05, 3.63) is 17.7 Å². The number of unbranched alkanes of at least 4 members (excludes halogenated alkanes) is 2. The molecule has 1 aromatic carbocycles. The van der Waals surface area contributed by atoms with E-state index >= 15 is 0 Å². The van der Waals surface area contributed by atoms with E-state index in [9.17, 15) is 0 Å². The van der Waals surface area contributed by atoms with Crippen LogP contribution >= 0.6 is 11.6 Å². The lowest BCUT2D eigenvalue weighted by molar-refractivity contribution is 0.319. The van der Waals surface area contributed by atoms with E-state index in [1.54, 1.807) is 21.3 Å². The Morgan fingerprint density at radius 2 is 1.55 bits per heavy atom. The van der Waals surface area contributed by atoms with Crippen LogP contribution in [0, 0.1) is 0 Å². The Labute approximate surface area is 139 Å². The van der Waals surface area contributed by atoms with Gasteiger partial charge in [0.1, 0.15) is 0 Å². The summed E-state index contributed by atoms with van der Waals surface area (Å²) in [6, 6.07) is 4.03. The van der Waals surface area contributed by atoms with Crippen molar-refractivity contribution in [1.82, 2.24) is 4.90 Å². The number of halogens is 1. The van der Waals surface area contributed by atoms with Crippen LogP contribution in [0.3, 0.4) is 0 Å². The zero-order chi connectivity index (χ0) is 16.4. The number of rotatable bonds is 11. The molecule has 5 heteroatoms. The van der Waals surface area contributed by atoms with Gasteiger partial charge in [-0.15, -0.1) is 11.6 Å². The van der Waals surface area contributed by atoms with Crippen LogP contribution in [0.1, 0.15) is 24.8 Å². The van der Waals surface area contributed by atoms with Crippen LogP contribution in [-0.4, -0.2) is 52.2 Å². The van der Waals surface area contributed by atoms with Crippen LogP contribution in [0.4, 0.5) is 0 Å². The summed E-state index contributed by atoms with van der Waals surface area (Å²) >= 11 is 5.69. The number of nitrogens with zero attached hydrogens (tertiary/aromatic N) is 1. The number of likely N-dealkylation sites (N-methyl/N-ethyl adjacent to an activating group) is 1. The fourth-order valence-corrected chi connectivity index (χ4v) is 2.55. The molecule has 0 saturated heterocycles. The minimum Gasteiger partial charge on any atom is -0.493 e. The highest BCUT2D eigenvalue weighted by molar-refractivity contribution is 6.17. The highest BCUT2D eigenvalue weighted by Gasteiger charge is 2.13. The predicted molar refractivity (Wildman–Crippen MR) is 91.9 cm³/mol. The van der Waals surface area contributed by atoms with Crippen molar-refractivity contribution in [2.45, 2.75) is 25.7 Å². The van der Waals surface area contributed by atoms with Crippen molar-refractivity contribution in [3.63, 3.8) is 0 Å². The third-order valence-corrected chi connectivity index (χ3v) is 3.95. The van der Waals surface area contributed by atoms with E-state index < -0.39 is 0 Å². The lowest BCUT2D eigenvalue weighted by Crippen LogP contribution is -2.22. The second kappa shape index (κ2) is 10.6. The summed E-state index contributed by atoms with van der Waals surface area (Å²) in [5, 5.41) is 0. The van der Waals surface area contributed by atoms with Crippen LogP contribution < -0.4 is 14.2 Å². The fraction of sp³-hybridized carbons (Fsp3) is 0.647. The molecule has 0 radical (unpaired) electrons. The number of methoxy groups -OCH3 is 3. The SMILES string of the molecule is COc1cc(CCN(C)CCCCCCl)cc(OC)c1OC. The Bertz CT molecular complexity index is 415. The molecule has 126 valence electrons. The molecule has 0 aliphatic heterocycles. The second-order valence-corrected chi connectivity index (χ2v) is 5.71. The van der Waals surface area contributed by atoms with Crippen molar-refractivity contribution < 1.29 is 14.2 Å².